The van der Waals surface area contributed by atoms with Crippen molar-refractivity contribution in [3.05, 3.63) is 29.0 Å². The number of hydrogen-bond donors (Lipinski definition) is 3. The molecule has 4 nitrogen and oxygen atoms in total. The van der Waals surface area contributed by atoms with E-state index in [1.807, 2.05) is 0 Å². The predicted octanol–water partition coefficient (Wildman–Crippen LogP) is 4.01. The van der Waals surface area contributed by atoms with Gasteiger partial charge < -0.3 is 5.32 Å². The minimum atomic E-state index is -0.485. The molecule has 1 aromatic carbocycles. The maximum atomic E-state index is 13.2. The van der Waals surface area contributed by atoms with Gasteiger partial charge in [-0.25, -0.2) is 4.39 Å². The summed E-state index contributed by atoms with van der Waals surface area (Å²) in [6.07, 6.45) is 6.89. The van der Waals surface area contributed by atoms with E-state index in [9.17, 15) is 9.18 Å². The van der Waals surface area contributed by atoms with Crippen molar-refractivity contribution in [1.82, 2.24) is 10.9 Å². The van der Waals surface area contributed by atoms with Crippen molar-refractivity contribution >= 4 is 40.5 Å². The molecule has 1 amide bonds. The van der Waals surface area contributed by atoms with Crippen LogP contribution < -0.4 is 16.2 Å². The molecule has 4 aliphatic rings. The molecule has 4 saturated carbocycles. The van der Waals surface area contributed by atoms with Crippen molar-refractivity contribution in [3.8, 4) is 0 Å². The highest BCUT2D eigenvalue weighted by atomic mass is 35.5. The van der Waals surface area contributed by atoms with Gasteiger partial charge in [-0.15, -0.1) is 0 Å². The fraction of sp³-hybridized carbons (Fsp3) is 0.556. The molecule has 0 aromatic heterocycles. The highest BCUT2D eigenvalue weighted by Gasteiger charge is 2.54. The first-order chi connectivity index (χ1) is 11.9. The maximum Gasteiger partial charge on any atom is 0.244 e. The zero-order valence-electron chi connectivity index (χ0n) is 13.8. The van der Waals surface area contributed by atoms with E-state index in [1.54, 1.807) is 0 Å². The van der Waals surface area contributed by atoms with Crippen molar-refractivity contribution in [2.24, 2.45) is 23.2 Å². The van der Waals surface area contributed by atoms with Crippen LogP contribution in [0, 0.1) is 29.0 Å². The first kappa shape index (κ1) is 17.0. The zero-order chi connectivity index (χ0) is 17.6. The van der Waals surface area contributed by atoms with Crippen LogP contribution in [0.1, 0.15) is 38.5 Å². The highest BCUT2D eigenvalue weighted by Crippen LogP contribution is 2.60. The van der Waals surface area contributed by atoms with Gasteiger partial charge in [-0.05, 0) is 86.7 Å². The summed E-state index contributed by atoms with van der Waals surface area (Å²) in [7, 11) is 0. The average molecular weight is 382 g/mol. The first-order valence-corrected chi connectivity index (χ1v) is 9.55. The number of thiocarbonyl (C=S) groups is 1. The lowest BCUT2D eigenvalue weighted by atomic mass is 9.49. The molecule has 7 heteroatoms. The molecule has 4 fully saturated rings. The molecule has 0 atom stereocenters. The number of amides is 1. The van der Waals surface area contributed by atoms with E-state index in [-0.39, 0.29) is 21.5 Å². The summed E-state index contributed by atoms with van der Waals surface area (Å²) >= 11 is 11.0. The molecule has 0 unspecified atom stereocenters. The van der Waals surface area contributed by atoms with E-state index in [4.69, 9.17) is 23.8 Å². The van der Waals surface area contributed by atoms with E-state index in [1.165, 1.54) is 37.5 Å². The van der Waals surface area contributed by atoms with Crippen LogP contribution >= 0.6 is 23.8 Å². The van der Waals surface area contributed by atoms with Gasteiger partial charge >= 0.3 is 0 Å². The second-order valence-electron chi connectivity index (χ2n) is 7.86. The Morgan fingerprint density at radius 2 is 1.72 bits per heavy atom. The summed E-state index contributed by atoms with van der Waals surface area (Å²) < 4.78 is 13.2. The number of anilines is 1. The van der Waals surface area contributed by atoms with E-state index >= 15 is 0 Å². The lowest BCUT2D eigenvalue weighted by Gasteiger charge is -2.55. The highest BCUT2D eigenvalue weighted by molar-refractivity contribution is 7.80. The van der Waals surface area contributed by atoms with Crippen LogP contribution in [-0.2, 0) is 4.79 Å². The minimum absolute atomic E-state index is 0.0189. The average Bonchev–Trinajstić information content (AvgIpc) is 2.55. The summed E-state index contributed by atoms with van der Waals surface area (Å²) in [4.78, 5) is 12.8. The Morgan fingerprint density at radius 1 is 1.12 bits per heavy atom. The number of nitrogens with one attached hydrogen (secondary N) is 3. The minimum Gasteiger partial charge on any atom is -0.331 e. The van der Waals surface area contributed by atoms with Crippen molar-refractivity contribution in [2.75, 3.05) is 5.32 Å². The fourth-order valence-corrected chi connectivity index (χ4v) is 5.72. The number of hydrogen-bond acceptors (Lipinski definition) is 2. The number of halogens is 2. The SMILES string of the molecule is O=C(NNC(=S)Nc1ccc(F)c(Cl)c1)C12CC3CC(CC(C3)C1)C2. The Labute approximate surface area is 156 Å². The monoisotopic (exact) mass is 381 g/mol. The Balaban J connectivity index is 1.34. The number of carbonyl (C=O) groups is 1. The smallest absolute Gasteiger partial charge is 0.244 e. The maximum absolute atomic E-state index is 13.2. The Hall–Kier alpha value is -1.40. The summed E-state index contributed by atoms with van der Waals surface area (Å²) in [6.45, 7) is 0. The number of rotatable bonds is 2. The van der Waals surface area contributed by atoms with Gasteiger partial charge in [-0.1, -0.05) is 11.6 Å². The number of carbonyl (C=O) groups excluding carboxylic acids is 1. The van der Waals surface area contributed by atoms with Gasteiger partial charge in [-0.2, -0.15) is 0 Å². The molecule has 4 aliphatic carbocycles. The van der Waals surface area contributed by atoms with Crippen LogP contribution in [0.4, 0.5) is 10.1 Å². The molecule has 1 aromatic rings. The first-order valence-electron chi connectivity index (χ1n) is 8.76. The second kappa shape index (κ2) is 6.40. The molecule has 0 radical (unpaired) electrons. The molecule has 0 heterocycles. The van der Waals surface area contributed by atoms with Gasteiger partial charge in [0, 0.05) is 5.69 Å². The van der Waals surface area contributed by atoms with Crippen LogP contribution in [0.2, 0.25) is 5.02 Å². The molecular weight excluding hydrogens is 361 g/mol. The van der Waals surface area contributed by atoms with Crippen LogP contribution in [0.5, 0.6) is 0 Å². The fourth-order valence-electron chi connectivity index (χ4n) is 5.37. The molecule has 4 bridgehead atoms. The van der Waals surface area contributed by atoms with Gasteiger partial charge in [0.1, 0.15) is 5.82 Å². The van der Waals surface area contributed by atoms with Crippen molar-refractivity contribution < 1.29 is 9.18 Å². The summed E-state index contributed by atoms with van der Waals surface area (Å²) in [5.74, 6) is 1.70. The van der Waals surface area contributed by atoms with Gasteiger partial charge in [0.05, 0.1) is 10.4 Å². The zero-order valence-corrected chi connectivity index (χ0v) is 15.4. The van der Waals surface area contributed by atoms with E-state index in [0.717, 1.165) is 19.3 Å². The van der Waals surface area contributed by atoms with Crippen LogP contribution in [0.3, 0.4) is 0 Å². The second-order valence-corrected chi connectivity index (χ2v) is 8.68. The Morgan fingerprint density at radius 3 is 2.28 bits per heavy atom. The third-order valence-electron chi connectivity index (χ3n) is 5.99. The van der Waals surface area contributed by atoms with Gasteiger partial charge in [0.25, 0.3) is 0 Å². The summed E-state index contributed by atoms with van der Waals surface area (Å²) in [6, 6.07) is 4.25. The molecule has 0 aliphatic heterocycles. The molecule has 0 spiro atoms. The van der Waals surface area contributed by atoms with Crippen molar-refractivity contribution in [2.45, 2.75) is 38.5 Å². The molecular formula is C18H21ClFN3OS. The lowest BCUT2D eigenvalue weighted by molar-refractivity contribution is -0.146. The molecule has 5 rings (SSSR count). The molecule has 0 saturated heterocycles. The summed E-state index contributed by atoms with van der Waals surface area (Å²) in [5, 5.41) is 3.16. The Bertz CT molecular complexity index is 691. The van der Waals surface area contributed by atoms with Crippen LogP contribution in [0.25, 0.3) is 0 Å². The van der Waals surface area contributed by atoms with E-state index < -0.39 is 5.82 Å². The third kappa shape index (κ3) is 3.34. The predicted molar refractivity (Wildman–Crippen MR) is 99.5 cm³/mol. The standard InChI is InChI=1S/C18H21ClFN3OS/c19-14-6-13(1-2-15(14)20)21-17(25)23-22-16(24)18-7-10-3-11(8-18)5-12(4-10)9-18/h1-2,6,10-12H,3-5,7-9H2,(H,22,24)(H2,21,23,25). The van der Waals surface area contributed by atoms with Gasteiger partial charge in [0.15, 0.2) is 5.11 Å². The van der Waals surface area contributed by atoms with Crippen LogP contribution in [0.15, 0.2) is 18.2 Å². The number of hydrazine groups is 1. The van der Waals surface area contributed by atoms with E-state index in [2.05, 4.69) is 16.2 Å². The van der Waals surface area contributed by atoms with Crippen molar-refractivity contribution in [3.63, 3.8) is 0 Å². The van der Waals surface area contributed by atoms with Gasteiger partial charge in [0.2, 0.25) is 5.91 Å². The quantitative estimate of drug-likeness (QED) is 0.535. The normalized spacial score (nSPS) is 32.3. The van der Waals surface area contributed by atoms with Crippen LogP contribution in [-0.4, -0.2) is 11.0 Å². The molecule has 134 valence electrons. The third-order valence-corrected chi connectivity index (χ3v) is 6.48. The van der Waals surface area contributed by atoms with Crippen molar-refractivity contribution in [1.29, 1.82) is 0 Å². The summed E-state index contributed by atoms with van der Waals surface area (Å²) in [5.41, 5.74) is 5.90. The topological polar surface area (TPSA) is 53.2 Å². The largest absolute Gasteiger partial charge is 0.331 e. The molecule has 25 heavy (non-hydrogen) atoms. The Kier molecular flexibility index (Phi) is 4.36. The molecule has 3 N–H and O–H groups in total. The number of benzene rings is 1. The van der Waals surface area contributed by atoms with E-state index in [0.29, 0.717) is 23.4 Å². The van der Waals surface area contributed by atoms with Gasteiger partial charge in [-0.3, -0.25) is 15.6 Å². The lowest BCUT2D eigenvalue weighted by Crippen LogP contribution is -2.57.